The topological polar surface area (TPSA) is 79.4 Å². The molecule has 1 aliphatic rings. The largest absolute Gasteiger partial charge is 0.321 e. The highest BCUT2D eigenvalue weighted by molar-refractivity contribution is 6.41. The molecular formula is C24H14ClN3O3. The third-order valence-electron chi connectivity index (χ3n) is 5.12. The van der Waals surface area contributed by atoms with Crippen LogP contribution in [0.25, 0.3) is 10.8 Å². The zero-order valence-corrected chi connectivity index (χ0v) is 16.8. The monoisotopic (exact) mass is 427 g/mol. The van der Waals surface area contributed by atoms with E-state index in [0.717, 1.165) is 15.7 Å². The molecule has 31 heavy (non-hydrogen) atoms. The van der Waals surface area contributed by atoms with E-state index in [1.165, 1.54) is 12.3 Å². The Hall–Kier alpha value is -4.03. The number of nitrogens with one attached hydrogen (secondary N) is 1. The minimum absolute atomic E-state index is 0.164. The molecule has 5 rings (SSSR count). The Balaban J connectivity index is 1.48. The summed E-state index contributed by atoms with van der Waals surface area (Å²) in [6.07, 6.45) is 1.52. The van der Waals surface area contributed by atoms with Crippen molar-refractivity contribution in [2.75, 3.05) is 10.2 Å². The smallest absolute Gasteiger partial charge is 0.274 e. The van der Waals surface area contributed by atoms with Gasteiger partial charge in [-0.3, -0.25) is 19.4 Å². The van der Waals surface area contributed by atoms with Gasteiger partial charge in [0.15, 0.2) is 0 Å². The number of benzene rings is 3. The Kier molecular flexibility index (Phi) is 4.49. The maximum absolute atomic E-state index is 13.2. The summed E-state index contributed by atoms with van der Waals surface area (Å²) >= 11 is 6.42. The van der Waals surface area contributed by atoms with E-state index in [1.807, 2.05) is 30.3 Å². The van der Waals surface area contributed by atoms with E-state index in [9.17, 15) is 14.4 Å². The molecule has 1 N–H and O–H groups in total. The number of imide groups is 1. The molecule has 0 radical (unpaired) electrons. The predicted octanol–water partition coefficient (Wildman–Crippen LogP) is 4.94. The Bertz CT molecular complexity index is 1390. The lowest BCUT2D eigenvalue weighted by atomic mass is 10.0. The number of aromatic nitrogens is 1. The normalized spacial score (nSPS) is 12.9. The van der Waals surface area contributed by atoms with Crippen molar-refractivity contribution in [1.82, 2.24) is 4.98 Å². The summed E-state index contributed by atoms with van der Waals surface area (Å²) in [6.45, 7) is 0. The van der Waals surface area contributed by atoms with E-state index < -0.39 is 17.7 Å². The lowest BCUT2D eigenvalue weighted by molar-refractivity contribution is 0.0925. The van der Waals surface area contributed by atoms with Crippen molar-refractivity contribution in [1.29, 1.82) is 0 Å². The van der Waals surface area contributed by atoms with Crippen molar-refractivity contribution in [3.63, 3.8) is 0 Å². The van der Waals surface area contributed by atoms with Crippen LogP contribution in [0.3, 0.4) is 0 Å². The number of hydrogen-bond donors (Lipinski definition) is 1. The highest BCUT2D eigenvalue weighted by Crippen LogP contribution is 2.37. The van der Waals surface area contributed by atoms with Crippen LogP contribution in [-0.2, 0) is 0 Å². The maximum Gasteiger partial charge on any atom is 0.274 e. The molecule has 4 aromatic rings. The van der Waals surface area contributed by atoms with Gasteiger partial charge in [-0.15, -0.1) is 0 Å². The van der Waals surface area contributed by atoms with Crippen molar-refractivity contribution in [2.24, 2.45) is 0 Å². The van der Waals surface area contributed by atoms with Crippen LogP contribution in [-0.4, -0.2) is 22.7 Å². The van der Waals surface area contributed by atoms with Crippen LogP contribution in [0, 0.1) is 0 Å². The summed E-state index contributed by atoms with van der Waals surface area (Å²) in [7, 11) is 0. The molecule has 3 aromatic carbocycles. The van der Waals surface area contributed by atoms with Crippen molar-refractivity contribution in [3.05, 3.63) is 101 Å². The molecular weight excluding hydrogens is 414 g/mol. The Morgan fingerprint density at radius 2 is 1.71 bits per heavy atom. The van der Waals surface area contributed by atoms with Crippen LogP contribution in [0.4, 0.5) is 11.4 Å². The first-order valence-electron chi connectivity index (χ1n) is 9.47. The second-order valence-electron chi connectivity index (χ2n) is 6.99. The summed E-state index contributed by atoms with van der Waals surface area (Å²) < 4.78 is 0. The quantitative estimate of drug-likeness (QED) is 0.469. The first-order valence-corrected chi connectivity index (χ1v) is 9.85. The zero-order valence-electron chi connectivity index (χ0n) is 16.0. The van der Waals surface area contributed by atoms with Gasteiger partial charge in [-0.1, -0.05) is 48.0 Å². The molecule has 1 aromatic heterocycles. The molecule has 7 heteroatoms. The number of nitrogens with zero attached hydrogens (tertiary/aromatic N) is 2. The van der Waals surface area contributed by atoms with Gasteiger partial charge in [0.25, 0.3) is 17.7 Å². The second-order valence-corrected chi connectivity index (χ2v) is 7.40. The summed E-state index contributed by atoms with van der Waals surface area (Å²) in [4.78, 5) is 43.6. The van der Waals surface area contributed by atoms with Crippen LogP contribution >= 0.6 is 11.6 Å². The Labute approximate surface area is 182 Å². The van der Waals surface area contributed by atoms with E-state index in [0.29, 0.717) is 16.8 Å². The second kappa shape index (κ2) is 7.34. The van der Waals surface area contributed by atoms with E-state index in [1.54, 1.807) is 36.4 Å². The molecule has 0 saturated heterocycles. The van der Waals surface area contributed by atoms with E-state index in [2.05, 4.69) is 10.3 Å². The fourth-order valence-electron chi connectivity index (χ4n) is 3.68. The van der Waals surface area contributed by atoms with Crippen molar-refractivity contribution in [3.8, 4) is 0 Å². The van der Waals surface area contributed by atoms with Gasteiger partial charge in [0.1, 0.15) is 5.69 Å². The average Bonchev–Trinajstić information content (AvgIpc) is 3.05. The number of hydrogen-bond acceptors (Lipinski definition) is 4. The van der Waals surface area contributed by atoms with Crippen molar-refractivity contribution >= 4 is 51.5 Å². The summed E-state index contributed by atoms with van der Waals surface area (Å²) in [6, 6.07) is 20.5. The van der Waals surface area contributed by atoms with Gasteiger partial charge >= 0.3 is 0 Å². The SMILES string of the molecule is O=C(Nc1ccc(N2C(=O)c3ccc4ccccc4c3C2=O)c(Cl)c1)c1ccccn1. The molecule has 0 aliphatic carbocycles. The van der Waals surface area contributed by atoms with E-state index >= 15 is 0 Å². The van der Waals surface area contributed by atoms with Gasteiger partial charge in [0, 0.05) is 11.9 Å². The zero-order chi connectivity index (χ0) is 21.5. The number of pyridine rings is 1. The van der Waals surface area contributed by atoms with Crippen molar-refractivity contribution in [2.45, 2.75) is 0 Å². The van der Waals surface area contributed by atoms with Gasteiger partial charge < -0.3 is 5.32 Å². The van der Waals surface area contributed by atoms with Crippen LogP contribution in [0.5, 0.6) is 0 Å². The number of fused-ring (bicyclic) bond motifs is 3. The highest BCUT2D eigenvalue weighted by Gasteiger charge is 2.38. The van der Waals surface area contributed by atoms with Gasteiger partial charge in [-0.2, -0.15) is 0 Å². The number of amides is 3. The third kappa shape index (κ3) is 3.14. The van der Waals surface area contributed by atoms with Gasteiger partial charge in [-0.05, 0) is 47.2 Å². The lowest BCUT2D eigenvalue weighted by Crippen LogP contribution is -2.29. The van der Waals surface area contributed by atoms with E-state index in [-0.39, 0.29) is 16.4 Å². The summed E-state index contributed by atoms with van der Waals surface area (Å²) in [5, 5.41) is 4.47. The Morgan fingerprint density at radius 3 is 2.48 bits per heavy atom. The molecule has 0 atom stereocenters. The Morgan fingerprint density at radius 1 is 0.903 bits per heavy atom. The molecule has 0 spiro atoms. The standard InChI is InChI=1S/C24H14ClN3O3/c25-18-13-15(27-22(29)19-7-3-4-12-26-19)9-11-20(18)28-23(30)17-10-8-14-5-1-2-6-16(14)21(17)24(28)31/h1-13H,(H,27,29). The number of rotatable bonds is 3. The summed E-state index contributed by atoms with van der Waals surface area (Å²) in [5.74, 6) is -1.25. The van der Waals surface area contributed by atoms with Gasteiger partial charge in [0.05, 0.1) is 21.8 Å². The highest BCUT2D eigenvalue weighted by atomic mass is 35.5. The minimum atomic E-state index is -0.432. The average molecular weight is 428 g/mol. The van der Waals surface area contributed by atoms with Crippen LogP contribution < -0.4 is 10.2 Å². The first kappa shape index (κ1) is 19.0. The molecule has 0 unspecified atom stereocenters. The predicted molar refractivity (Wildman–Crippen MR) is 119 cm³/mol. The number of halogens is 1. The number of carbonyl (C=O) groups excluding carboxylic acids is 3. The van der Waals surface area contributed by atoms with Gasteiger partial charge in [0.2, 0.25) is 0 Å². The molecule has 1 aliphatic heterocycles. The fourth-order valence-corrected chi connectivity index (χ4v) is 3.95. The number of carbonyl (C=O) groups is 3. The van der Waals surface area contributed by atoms with E-state index in [4.69, 9.17) is 11.6 Å². The van der Waals surface area contributed by atoms with Crippen LogP contribution in [0.2, 0.25) is 5.02 Å². The number of anilines is 2. The van der Waals surface area contributed by atoms with Crippen LogP contribution in [0.15, 0.2) is 79.0 Å². The molecule has 0 bridgehead atoms. The van der Waals surface area contributed by atoms with Gasteiger partial charge in [-0.25, -0.2) is 4.90 Å². The van der Waals surface area contributed by atoms with Crippen LogP contribution in [0.1, 0.15) is 31.2 Å². The fraction of sp³-hybridized carbons (Fsp3) is 0. The molecule has 0 fully saturated rings. The first-order chi connectivity index (χ1) is 15.0. The molecule has 3 amide bonds. The lowest BCUT2D eigenvalue weighted by Gasteiger charge is -2.16. The molecule has 6 nitrogen and oxygen atoms in total. The molecule has 2 heterocycles. The minimum Gasteiger partial charge on any atom is -0.321 e. The van der Waals surface area contributed by atoms with Crippen molar-refractivity contribution < 1.29 is 14.4 Å². The summed E-state index contributed by atoms with van der Waals surface area (Å²) in [5.41, 5.74) is 1.65. The molecule has 150 valence electrons. The maximum atomic E-state index is 13.2. The molecule has 0 saturated carbocycles. The third-order valence-corrected chi connectivity index (χ3v) is 5.43.